The Labute approximate surface area is 125 Å². The molecule has 1 aromatic rings. The van der Waals surface area contributed by atoms with Gasteiger partial charge in [-0.15, -0.1) is 0 Å². The fourth-order valence-electron chi connectivity index (χ4n) is 3.10. The van der Waals surface area contributed by atoms with Crippen LogP contribution in [0.25, 0.3) is 0 Å². The zero-order valence-corrected chi connectivity index (χ0v) is 12.8. The molecule has 0 saturated heterocycles. The van der Waals surface area contributed by atoms with Crippen molar-refractivity contribution in [1.29, 1.82) is 0 Å². The molecular weight excluding hydrogens is 274 g/mol. The van der Waals surface area contributed by atoms with Crippen molar-refractivity contribution in [3.05, 3.63) is 22.8 Å². The first-order chi connectivity index (χ1) is 9.63. The molecule has 1 aliphatic carbocycles. The molecule has 20 heavy (non-hydrogen) atoms. The molecule has 0 aliphatic heterocycles. The number of aromatic nitrogens is 1. The lowest BCUT2D eigenvalue weighted by Crippen LogP contribution is -2.37. The molecule has 0 spiro atoms. The molecule has 1 heterocycles. The smallest absolute Gasteiger partial charge is 0.128 e. The van der Waals surface area contributed by atoms with E-state index >= 15 is 0 Å². The van der Waals surface area contributed by atoms with Crippen LogP contribution in [0.4, 0.5) is 5.82 Å². The summed E-state index contributed by atoms with van der Waals surface area (Å²) in [5.41, 5.74) is 13.2. The van der Waals surface area contributed by atoms with Crippen LogP contribution in [0.5, 0.6) is 0 Å². The van der Waals surface area contributed by atoms with Gasteiger partial charge in [0.15, 0.2) is 0 Å². The van der Waals surface area contributed by atoms with Gasteiger partial charge in [-0.2, -0.15) is 0 Å². The van der Waals surface area contributed by atoms with E-state index in [9.17, 15) is 0 Å². The van der Waals surface area contributed by atoms with Gasteiger partial charge in [0, 0.05) is 18.4 Å². The molecule has 2 rings (SSSR count). The van der Waals surface area contributed by atoms with E-state index in [4.69, 9.17) is 27.8 Å². The number of pyridine rings is 1. The van der Waals surface area contributed by atoms with Crippen molar-refractivity contribution in [2.75, 3.05) is 12.3 Å². The molecule has 1 saturated carbocycles. The lowest BCUT2D eigenvalue weighted by Gasteiger charge is -2.34. The van der Waals surface area contributed by atoms with E-state index in [0.29, 0.717) is 23.4 Å². The number of nitrogens with two attached hydrogens (primary N) is 2. The summed E-state index contributed by atoms with van der Waals surface area (Å²) < 4.78 is 5.94. The molecule has 5 heteroatoms. The van der Waals surface area contributed by atoms with Crippen LogP contribution in [0.1, 0.15) is 50.6 Å². The predicted octanol–water partition coefficient (Wildman–Crippen LogP) is 3.30. The largest absolute Gasteiger partial charge is 0.383 e. The van der Waals surface area contributed by atoms with Gasteiger partial charge in [-0.25, -0.2) is 4.98 Å². The van der Waals surface area contributed by atoms with Gasteiger partial charge in [-0.05, 0) is 31.7 Å². The van der Waals surface area contributed by atoms with Crippen LogP contribution in [0.2, 0.25) is 5.02 Å². The number of halogens is 1. The summed E-state index contributed by atoms with van der Waals surface area (Å²) in [6.45, 7) is 2.66. The highest BCUT2D eigenvalue weighted by atomic mass is 35.5. The van der Waals surface area contributed by atoms with Crippen LogP contribution in [-0.2, 0) is 4.74 Å². The van der Waals surface area contributed by atoms with E-state index in [2.05, 4.69) is 4.98 Å². The van der Waals surface area contributed by atoms with Crippen LogP contribution in [0.3, 0.4) is 0 Å². The number of hydrogen-bond acceptors (Lipinski definition) is 4. The maximum Gasteiger partial charge on any atom is 0.128 e. The van der Waals surface area contributed by atoms with Gasteiger partial charge in [-0.1, -0.05) is 30.9 Å². The normalized spacial score (nSPS) is 19.8. The quantitative estimate of drug-likeness (QED) is 0.874. The van der Waals surface area contributed by atoms with Crippen LogP contribution >= 0.6 is 11.6 Å². The third-order valence-electron chi connectivity index (χ3n) is 4.10. The second-order valence-electron chi connectivity index (χ2n) is 5.47. The monoisotopic (exact) mass is 297 g/mol. The molecule has 2 atom stereocenters. The van der Waals surface area contributed by atoms with Gasteiger partial charge in [0.2, 0.25) is 0 Å². The van der Waals surface area contributed by atoms with Crippen LogP contribution in [0, 0.1) is 5.92 Å². The predicted molar refractivity (Wildman–Crippen MR) is 82.6 cm³/mol. The minimum absolute atomic E-state index is 0.0112. The summed E-state index contributed by atoms with van der Waals surface area (Å²) in [6.07, 6.45) is 7.70. The number of hydrogen-bond donors (Lipinski definition) is 2. The Balaban J connectivity index is 2.20. The van der Waals surface area contributed by atoms with E-state index in [-0.39, 0.29) is 12.1 Å². The van der Waals surface area contributed by atoms with Crippen LogP contribution in [0.15, 0.2) is 12.3 Å². The molecule has 4 nitrogen and oxygen atoms in total. The highest BCUT2D eigenvalue weighted by Gasteiger charge is 2.31. The third-order valence-corrected chi connectivity index (χ3v) is 4.31. The van der Waals surface area contributed by atoms with Crippen molar-refractivity contribution in [1.82, 2.24) is 4.98 Å². The van der Waals surface area contributed by atoms with Gasteiger partial charge in [0.1, 0.15) is 5.82 Å². The number of rotatable bonds is 5. The van der Waals surface area contributed by atoms with E-state index in [1.54, 1.807) is 6.20 Å². The first-order valence-corrected chi connectivity index (χ1v) is 7.79. The summed E-state index contributed by atoms with van der Waals surface area (Å²) in [5, 5.41) is 0.559. The van der Waals surface area contributed by atoms with E-state index < -0.39 is 0 Å². The Kier molecular flexibility index (Phi) is 5.64. The molecule has 1 aromatic heterocycles. The van der Waals surface area contributed by atoms with Crippen LogP contribution < -0.4 is 11.5 Å². The highest BCUT2D eigenvalue weighted by molar-refractivity contribution is 6.30. The van der Waals surface area contributed by atoms with Crippen molar-refractivity contribution in [3.63, 3.8) is 0 Å². The minimum atomic E-state index is -0.274. The van der Waals surface area contributed by atoms with E-state index in [1.807, 2.05) is 13.0 Å². The molecule has 0 aromatic carbocycles. The summed E-state index contributed by atoms with van der Waals surface area (Å²) in [4.78, 5) is 4.10. The fraction of sp³-hybridized carbons (Fsp3) is 0.667. The van der Waals surface area contributed by atoms with Crippen molar-refractivity contribution in [2.24, 2.45) is 11.7 Å². The Morgan fingerprint density at radius 3 is 2.75 bits per heavy atom. The second-order valence-corrected chi connectivity index (χ2v) is 5.91. The van der Waals surface area contributed by atoms with Gasteiger partial charge >= 0.3 is 0 Å². The molecular formula is C15H24ClN3O. The number of ether oxygens (including phenoxy) is 1. The van der Waals surface area contributed by atoms with Gasteiger partial charge in [0.25, 0.3) is 0 Å². The lowest BCUT2D eigenvalue weighted by atomic mass is 9.81. The summed E-state index contributed by atoms with van der Waals surface area (Å²) in [7, 11) is 0. The van der Waals surface area contributed by atoms with Gasteiger partial charge in [0.05, 0.1) is 17.2 Å². The van der Waals surface area contributed by atoms with Crippen LogP contribution in [-0.4, -0.2) is 17.7 Å². The number of nitrogens with zero attached hydrogens (tertiary/aromatic N) is 1. The molecule has 0 radical (unpaired) electrons. The van der Waals surface area contributed by atoms with Gasteiger partial charge < -0.3 is 16.2 Å². The third kappa shape index (κ3) is 3.62. The topological polar surface area (TPSA) is 74.2 Å². The number of anilines is 1. The molecule has 1 fully saturated rings. The molecule has 4 N–H and O–H groups in total. The first kappa shape index (κ1) is 15.5. The first-order valence-electron chi connectivity index (χ1n) is 7.41. The Morgan fingerprint density at radius 2 is 2.10 bits per heavy atom. The Morgan fingerprint density at radius 1 is 1.40 bits per heavy atom. The number of nitrogen functional groups attached to an aromatic ring is 1. The van der Waals surface area contributed by atoms with Crippen molar-refractivity contribution in [3.8, 4) is 0 Å². The maximum absolute atomic E-state index is 6.42. The lowest BCUT2D eigenvalue weighted by molar-refractivity contribution is -0.00976. The zero-order valence-electron chi connectivity index (χ0n) is 12.0. The SMILES string of the molecule is CCOC(C1CCCCC1)C(N)c1cc(Cl)cnc1N. The highest BCUT2D eigenvalue weighted by Crippen LogP contribution is 2.35. The van der Waals surface area contributed by atoms with Gasteiger partial charge in [-0.3, -0.25) is 0 Å². The van der Waals surface area contributed by atoms with E-state index in [0.717, 1.165) is 5.56 Å². The summed E-state index contributed by atoms with van der Waals surface area (Å²) in [5.74, 6) is 0.944. The summed E-state index contributed by atoms with van der Waals surface area (Å²) in [6, 6.07) is 1.54. The molecule has 0 amide bonds. The Bertz CT molecular complexity index is 435. The van der Waals surface area contributed by atoms with Crippen molar-refractivity contribution in [2.45, 2.75) is 51.2 Å². The summed E-state index contributed by atoms with van der Waals surface area (Å²) >= 11 is 6.01. The van der Waals surface area contributed by atoms with Crippen molar-refractivity contribution < 1.29 is 4.74 Å². The minimum Gasteiger partial charge on any atom is -0.383 e. The Hall–Kier alpha value is -0.840. The van der Waals surface area contributed by atoms with E-state index in [1.165, 1.54) is 32.1 Å². The molecule has 1 aliphatic rings. The fourth-order valence-corrected chi connectivity index (χ4v) is 3.26. The molecule has 2 unspecified atom stereocenters. The standard InChI is InChI=1S/C15H24ClN3O/c1-2-20-14(10-6-4-3-5-7-10)13(17)12-8-11(16)9-19-15(12)18/h8-10,13-14H,2-7,17H2,1H3,(H2,18,19). The molecule has 112 valence electrons. The average Bonchev–Trinajstić information content (AvgIpc) is 2.47. The average molecular weight is 298 g/mol. The van der Waals surface area contributed by atoms with Crippen molar-refractivity contribution >= 4 is 17.4 Å². The second kappa shape index (κ2) is 7.25. The maximum atomic E-state index is 6.42. The zero-order chi connectivity index (χ0) is 14.5. The molecule has 0 bridgehead atoms.